The van der Waals surface area contributed by atoms with Crippen molar-refractivity contribution >= 4 is 29.1 Å². The van der Waals surface area contributed by atoms with Crippen molar-refractivity contribution in [3.05, 3.63) is 71.3 Å². The molecule has 0 saturated carbocycles. The number of carbonyl (C=O) groups is 3. The number of nitrogens with one attached hydrogen (secondary N) is 1. The lowest BCUT2D eigenvalue weighted by atomic mass is 9.85. The highest BCUT2D eigenvalue weighted by Gasteiger charge is 2.48. The highest BCUT2D eigenvalue weighted by atomic mass is 16.2. The van der Waals surface area contributed by atoms with Crippen molar-refractivity contribution in [2.75, 3.05) is 10.2 Å². The minimum atomic E-state index is -0.328. The van der Waals surface area contributed by atoms with E-state index in [9.17, 15) is 14.4 Å². The molecule has 0 bridgehead atoms. The number of amides is 3. The van der Waals surface area contributed by atoms with Crippen molar-refractivity contribution in [2.45, 2.75) is 39.5 Å². The number of anilines is 2. The monoisotopic (exact) mass is 402 g/mol. The Morgan fingerprint density at radius 2 is 1.47 bits per heavy atom. The van der Waals surface area contributed by atoms with E-state index in [1.807, 2.05) is 30.4 Å². The summed E-state index contributed by atoms with van der Waals surface area (Å²) in [6.45, 7) is 4.10. The molecule has 2 aromatic carbocycles. The van der Waals surface area contributed by atoms with Crippen LogP contribution >= 0.6 is 0 Å². The van der Waals surface area contributed by atoms with Crippen LogP contribution in [-0.4, -0.2) is 17.7 Å². The van der Waals surface area contributed by atoms with Gasteiger partial charge in [0, 0.05) is 5.69 Å². The third-order valence-electron chi connectivity index (χ3n) is 6.13. The number of rotatable bonds is 5. The summed E-state index contributed by atoms with van der Waals surface area (Å²) in [6.07, 6.45) is 6.66. The van der Waals surface area contributed by atoms with E-state index in [-0.39, 0.29) is 29.6 Å². The van der Waals surface area contributed by atoms with Crippen LogP contribution in [0.2, 0.25) is 0 Å². The van der Waals surface area contributed by atoms with Gasteiger partial charge in [0.15, 0.2) is 0 Å². The second-order valence-corrected chi connectivity index (χ2v) is 7.80. The van der Waals surface area contributed by atoms with E-state index in [0.717, 1.165) is 29.7 Å². The van der Waals surface area contributed by atoms with Gasteiger partial charge in [-0.25, -0.2) is 4.90 Å². The van der Waals surface area contributed by atoms with Crippen LogP contribution in [0.3, 0.4) is 0 Å². The molecule has 5 nitrogen and oxygen atoms in total. The standard InChI is InChI=1S/C25H26N2O3/c1-3-16-10-9-11-17(4-2)22(16)26-23(28)20-14-7-8-15-21(20)27-24(29)18-12-5-6-13-19(18)25(27)30/h5-11,14-15,18-19H,3-4,12-13H2,1-2H3,(H,26,28)/t18-,19+. The largest absolute Gasteiger partial charge is 0.321 e. The van der Waals surface area contributed by atoms with Crippen molar-refractivity contribution in [3.63, 3.8) is 0 Å². The van der Waals surface area contributed by atoms with Gasteiger partial charge in [-0.05, 0) is 48.9 Å². The predicted octanol–water partition coefficient (Wildman–Crippen LogP) is 4.52. The molecule has 2 aromatic rings. The zero-order chi connectivity index (χ0) is 21.3. The molecule has 1 saturated heterocycles. The molecule has 1 heterocycles. The number of benzene rings is 2. The fourth-order valence-electron chi connectivity index (χ4n) is 4.48. The molecule has 2 atom stereocenters. The minimum Gasteiger partial charge on any atom is -0.321 e. The lowest BCUT2D eigenvalue weighted by Crippen LogP contribution is -2.33. The van der Waals surface area contributed by atoms with Gasteiger partial charge in [-0.2, -0.15) is 0 Å². The number of allylic oxidation sites excluding steroid dienone is 2. The number of para-hydroxylation sites is 2. The normalized spacial score (nSPS) is 20.4. The first-order chi connectivity index (χ1) is 14.6. The smallest absolute Gasteiger partial charge is 0.257 e. The Bertz CT molecular complexity index is 992. The molecule has 5 heteroatoms. The Morgan fingerprint density at radius 1 is 0.900 bits per heavy atom. The summed E-state index contributed by atoms with van der Waals surface area (Å²) in [4.78, 5) is 40.6. The molecule has 4 rings (SSSR count). The van der Waals surface area contributed by atoms with E-state index in [0.29, 0.717) is 24.1 Å². The van der Waals surface area contributed by atoms with Crippen LogP contribution < -0.4 is 10.2 Å². The van der Waals surface area contributed by atoms with Crippen molar-refractivity contribution in [1.29, 1.82) is 0 Å². The Balaban J connectivity index is 1.69. The van der Waals surface area contributed by atoms with E-state index in [2.05, 4.69) is 19.2 Å². The lowest BCUT2D eigenvalue weighted by Gasteiger charge is -2.20. The summed E-state index contributed by atoms with van der Waals surface area (Å²) in [5, 5.41) is 3.05. The third-order valence-corrected chi connectivity index (χ3v) is 6.13. The minimum absolute atomic E-state index is 0.210. The maximum absolute atomic E-state index is 13.3. The average Bonchev–Trinajstić information content (AvgIpc) is 3.04. The van der Waals surface area contributed by atoms with E-state index >= 15 is 0 Å². The maximum Gasteiger partial charge on any atom is 0.257 e. The van der Waals surface area contributed by atoms with Gasteiger partial charge in [0.2, 0.25) is 11.8 Å². The van der Waals surface area contributed by atoms with Gasteiger partial charge >= 0.3 is 0 Å². The number of fused-ring (bicyclic) bond motifs is 1. The Kier molecular flexibility index (Phi) is 5.53. The van der Waals surface area contributed by atoms with Crippen LogP contribution in [0.1, 0.15) is 48.2 Å². The van der Waals surface area contributed by atoms with Crippen LogP contribution in [0.4, 0.5) is 11.4 Å². The second kappa shape index (κ2) is 8.27. The summed E-state index contributed by atoms with van der Waals surface area (Å²) < 4.78 is 0. The second-order valence-electron chi connectivity index (χ2n) is 7.80. The molecule has 3 amide bonds. The van der Waals surface area contributed by atoms with Crippen molar-refractivity contribution in [2.24, 2.45) is 11.8 Å². The number of aryl methyl sites for hydroxylation is 2. The molecule has 30 heavy (non-hydrogen) atoms. The molecule has 0 radical (unpaired) electrons. The zero-order valence-corrected chi connectivity index (χ0v) is 17.4. The highest BCUT2D eigenvalue weighted by Crippen LogP contribution is 2.39. The highest BCUT2D eigenvalue weighted by molar-refractivity contribution is 6.25. The topological polar surface area (TPSA) is 66.5 Å². The fourth-order valence-corrected chi connectivity index (χ4v) is 4.48. The van der Waals surface area contributed by atoms with Crippen molar-refractivity contribution in [1.82, 2.24) is 0 Å². The van der Waals surface area contributed by atoms with Crippen LogP contribution in [0, 0.1) is 11.8 Å². The van der Waals surface area contributed by atoms with Crippen LogP contribution in [-0.2, 0) is 22.4 Å². The Labute approximate surface area is 176 Å². The van der Waals surface area contributed by atoms with E-state index < -0.39 is 0 Å². The van der Waals surface area contributed by atoms with Gasteiger partial charge in [0.1, 0.15) is 0 Å². The summed E-state index contributed by atoms with van der Waals surface area (Å²) >= 11 is 0. The summed E-state index contributed by atoms with van der Waals surface area (Å²) in [5.74, 6) is -1.39. The summed E-state index contributed by atoms with van der Waals surface area (Å²) in [7, 11) is 0. The Morgan fingerprint density at radius 3 is 2.03 bits per heavy atom. The molecule has 1 fully saturated rings. The van der Waals surface area contributed by atoms with Gasteiger partial charge < -0.3 is 5.32 Å². The first kappa shape index (κ1) is 20.1. The molecule has 0 spiro atoms. The van der Waals surface area contributed by atoms with Crippen LogP contribution in [0.15, 0.2) is 54.6 Å². The summed E-state index contributed by atoms with van der Waals surface area (Å²) in [6, 6.07) is 12.9. The van der Waals surface area contributed by atoms with Crippen LogP contribution in [0.5, 0.6) is 0 Å². The van der Waals surface area contributed by atoms with Gasteiger partial charge in [-0.3, -0.25) is 14.4 Å². The quantitative estimate of drug-likeness (QED) is 0.591. The predicted molar refractivity (Wildman–Crippen MR) is 117 cm³/mol. The van der Waals surface area contributed by atoms with Crippen molar-refractivity contribution < 1.29 is 14.4 Å². The Hall–Kier alpha value is -3.21. The molecule has 2 aliphatic rings. The number of imide groups is 1. The van der Waals surface area contributed by atoms with Gasteiger partial charge in [0.25, 0.3) is 5.91 Å². The molecule has 1 N–H and O–H groups in total. The number of nitrogens with zero attached hydrogens (tertiary/aromatic N) is 1. The van der Waals surface area contributed by atoms with Gasteiger partial charge in [0.05, 0.1) is 23.1 Å². The average molecular weight is 402 g/mol. The lowest BCUT2D eigenvalue weighted by molar-refractivity contribution is -0.122. The van der Waals surface area contributed by atoms with E-state index in [4.69, 9.17) is 0 Å². The molecular formula is C25H26N2O3. The number of carbonyl (C=O) groups excluding carboxylic acids is 3. The first-order valence-electron chi connectivity index (χ1n) is 10.6. The molecule has 1 aliphatic heterocycles. The maximum atomic E-state index is 13.3. The fraction of sp³-hybridized carbons (Fsp3) is 0.320. The molecule has 0 unspecified atom stereocenters. The SMILES string of the molecule is CCc1cccc(CC)c1NC(=O)c1ccccc1N1C(=O)[C@H]2CC=CC[C@H]2C1=O. The van der Waals surface area contributed by atoms with Crippen LogP contribution in [0.25, 0.3) is 0 Å². The summed E-state index contributed by atoms with van der Waals surface area (Å²) in [5.41, 5.74) is 3.64. The number of hydrogen-bond donors (Lipinski definition) is 1. The molecule has 154 valence electrons. The third kappa shape index (κ3) is 3.34. The van der Waals surface area contributed by atoms with Gasteiger partial charge in [-0.1, -0.05) is 56.3 Å². The van der Waals surface area contributed by atoms with Crippen molar-refractivity contribution in [3.8, 4) is 0 Å². The molecular weight excluding hydrogens is 376 g/mol. The van der Waals surface area contributed by atoms with E-state index in [1.165, 1.54) is 4.90 Å². The molecule has 0 aromatic heterocycles. The number of hydrogen-bond acceptors (Lipinski definition) is 3. The first-order valence-corrected chi connectivity index (χ1v) is 10.6. The van der Waals surface area contributed by atoms with Gasteiger partial charge in [-0.15, -0.1) is 0 Å². The zero-order valence-electron chi connectivity index (χ0n) is 17.4. The molecule has 1 aliphatic carbocycles. The van der Waals surface area contributed by atoms with E-state index in [1.54, 1.807) is 24.3 Å².